The third-order valence-electron chi connectivity index (χ3n) is 3.39. The first-order valence-corrected chi connectivity index (χ1v) is 7.67. The summed E-state index contributed by atoms with van der Waals surface area (Å²) in [6.45, 7) is 4.09. The van der Waals surface area contributed by atoms with Gasteiger partial charge >= 0.3 is 0 Å². The van der Waals surface area contributed by atoms with Crippen molar-refractivity contribution in [2.75, 3.05) is 0 Å². The van der Waals surface area contributed by atoms with Crippen molar-refractivity contribution in [3.05, 3.63) is 59.5 Å². The van der Waals surface area contributed by atoms with Gasteiger partial charge in [-0.05, 0) is 24.3 Å². The van der Waals surface area contributed by atoms with E-state index in [2.05, 4.69) is 15.2 Å². The van der Waals surface area contributed by atoms with Crippen molar-refractivity contribution in [3.63, 3.8) is 0 Å². The maximum Gasteiger partial charge on any atom is 0.249 e. The molecule has 0 radical (unpaired) electrons. The largest absolute Gasteiger partial charge is 0.487 e. The number of hydrogen-bond acceptors (Lipinski definition) is 6. The van der Waals surface area contributed by atoms with E-state index < -0.39 is 5.82 Å². The van der Waals surface area contributed by atoms with Gasteiger partial charge in [0.2, 0.25) is 11.8 Å². The average molecular weight is 338 g/mol. The molecule has 0 N–H and O–H groups in total. The van der Waals surface area contributed by atoms with E-state index in [-0.39, 0.29) is 23.8 Å². The Hall–Kier alpha value is -3.27. The van der Waals surface area contributed by atoms with Crippen molar-refractivity contribution in [2.45, 2.75) is 26.4 Å². The molecule has 6 nitrogen and oxygen atoms in total. The first-order chi connectivity index (χ1) is 12.0. The number of rotatable bonds is 5. The molecule has 3 rings (SSSR count). The van der Waals surface area contributed by atoms with E-state index in [0.717, 1.165) is 6.07 Å². The van der Waals surface area contributed by atoms with Crippen LogP contribution in [0.15, 0.2) is 40.9 Å². The molecular weight excluding hydrogens is 323 g/mol. The lowest BCUT2D eigenvalue weighted by Crippen LogP contribution is -1.99. The summed E-state index contributed by atoms with van der Waals surface area (Å²) in [4.78, 5) is 4.28. The van der Waals surface area contributed by atoms with Crippen molar-refractivity contribution in [2.24, 2.45) is 0 Å². The third-order valence-corrected chi connectivity index (χ3v) is 3.39. The molecule has 0 aliphatic carbocycles. The van der Waals surface area contributed by atoms with Gasteiger partial charge in [0.15, 0.2) is 0 Å². The van der Waals surface area contributed by atoms with Crippen LogP contribution in [0.4, 0.5) is 4.39 Å². The molecule has 0 unspecified atom stereocenters. The molecule has 0 saturated carbocycles. The summed E-state index contributed by atoms with van der Waals surface area (Å²) >= 11 is 0. The lowest BCUT2D eigenvalue weighted by Gasteiger charge is -2.06. The van der Waals surface area contributed by atoms with E-state index in [4.69, 9.17) is 14.4 Å². The summed E-state index contributed by atoms with van der Waals surface area (Å²) in [5, 5.41) is 16.8. The number of pyridine rings is 1. The SMILES string of the molecule is CC(C)c1nnc(-c2ccc(COc3cc(F)cc(C#N)c3)nc2)o1. The average Bonchev–Trinajstić information content (AvgIpc) is 3.10. The zero-order valence-electron chi connectivity index (χ0n) is 13.7. The number of benzene rings is 1. The number of nitrogens with zero attached hydrogens (tertiary/aromatic N) is 4. The molecule has 0 amide bonds. The minimum atomic E-state index is -0.519. The molecule has 0 saturated heterocycles. The molecule has 0 aliphatic rings. The number of halogens is 1. The molecular formula is C18H15FN4O2. The minimum Gasteiger partial charge on any atom is -0.487 e. The van der Waals surface area contributed by atoms with Crippen LogP contribution in [0.3, 0.4) is 0 Å². The van der Waals surface area contributed by atoms with E-state index in [1.807, 2.05) is 19.9 Å². The topological polar surface area (TPSA) is 84.8 Å². The lowest BCUT2D eigenvalue weighted by atomic mass is 10.2. The molecule has 1 aromatic carbocycles. The summed E-state index contributed by atoms with van der Waals surface area (Å²) in [5.41, 5.74) is 1.56. The summed E-state index contributed by atoms with van der Waals surface area (Å²) in [6.07, 6.45) is 1.61. The Kier molecular flexibility index (Phi) is 4.70. The Labute approximate surface area is 143 Å². The molecule has 0 bridgehead atoms. The highest BCUT2D eigenvalue weighted by Crippen LogP contribution is 2.21. The Morgan fingerprint density at radius 3 is 2.72 bits per heavy atom. The molecule has 0 atom stereocenters. The Bertz CT molecular complexity index is 914. The van der Waals surface area contributed by atoms with Crippen LogP contribution >= 0.6 is 0 Å². The van der Waals surface area contributed by atoms with Gasteiger partial charge in [0.05, 0.1) is 22.9 Å². The van der Waals surface area contributed by atoms with Crippen molar-refractivity contribution in [3.8, 4) is 23.3 Å². The molecule has 126 valence electrons. The number of aromatic nitrogens is 3. The fourth-order valence-electron chi connectivity index (χ4n) is 2.09. The maximum absolute atomic E-state index is 13.4. The highest BCUT2D eigenvalue weighted by molar-refractivity contribution is 5.50. The van der Waals surface area contributed by atoms with Gasteiger partial charge in [-0.3, -0.25) is 4.98 Å². The van der Waals surface area contributed by atoms with Crippen LogP contribution in [0.1, 0.15) is 36.9 Å². The van der Waals surface area contributed by atoms with Crippen LogP contribution < -0.4 is 4.74 Å². The Balaban J connectivity index is 1.68. The molecule has 0 aliphatic heterocycles. The molecule has 7 heteroatoms. The van der Waals surface area contributed by atoms with Gasteiger partial charge in [-0.25, -0.2) is 4.39 Å². The summed E-state index contributed by atoms with van der Waals surface area (Å²) in [6, 6.07) is 9.29. The van der Waals surface area contributed by atoms with Crippen molar-refractivity contribution in [1.82, 2.24) is 15.2 Å². The second kappa shape index (κ2) is 7.09. The fourth-order valence-corrected chi connectivity index (χ4v) is 2.09. The first kappa shape index (κ1) is 16.6. The van der Waals surface area contributed by atoms with E-state index in [9.17, 15) is 4.39 Å². The number of ether oxygens (including phenoxy) is 1. The van der Waals surface area contributed by atoms with Gasteiger partial charge in [0.1, 0.15) is 18.2 Å². The van der Waals surface area contributed by atoms with Crippen LogP contribution in [0.5, 0.6) is 5.75 Å². The molecule has 2 aromatic heterocycles. The quantitative estimate of drug-likeness (QED) is 0.702. The van der Waals surface area contributed by atoms with Crippen molar-refractivity contribution in [1.29, 1.82) is 5.26 Å². The third kappa shape index (κ3) is 3.98. The predicted octanol–water partition coefficient (Wildman–Crippen LogP) is 3.84. The maximum atomic E-state index is 13.4. The van der Waals surface area contributed by atoms with Crippen LogP contribution in [0.2, 0.25) is 0 Å². The zero-order chi connectivity index (χ0) is 17.8. The van der Waals surface area contributed by atoms with E-state index >= 15 is 0 Å². The first-order valence-electron chi connectivity index (χ1n) is 7.67. The second-order valence-corrected chi connectivity index (χ2v) is 5.71. The Morgan fingerprint density at radius 2 is 2.08 bits per heavy atom. The van der Waals surface area contributed by atoms with E-state index in [1.165, 1.54) is 12.1 Å². The molecule has 2 heterocycles. The molecule has 0 spiro atoms. The van der Waals surface area contributed by atoms with Gasteiger partial charge in [0, 0.05) is 18.2 Å². The van der Waals surface area contributed by atoms with E-state index in [0.29, 0.717) is 23.0 Å². The molecule has 3 aromatic rings. The number of nitriles is 1. The second-order valence-electron chi connectivity index (χ2n) is 5.71. The normalized spacial score (nSPS) is 10.7. The molecule has 25 heavy (non-hydrogen) atoms. The van der Waals surface area contributed by atoms with Crippen LogP contribution in [0, 0.1) is 17.1 Å². The highest BCUT2D eigenvalue weighted by atomic mass is 19.1. The van der Waals surface area contributed by atoms with Gasteiger partial charge in [0.25, 0.3) is 0 Å². The smallest absolute Gasteiger partial charge is 0.249 e. The zero-order valence-corrected chi connectivity index (χ0v) is 13.7. The highest BCUT2D eigenvalue weighted by Gasteiger charge is 2.11. The summed E-state index contributed by atoms with van der Waals surface area (Å²) in [7, 11) is 0. The number of hydrogen-bond donors (Lipinski definition) is 0. The molecule has 0 fully saturated rings. The van der Waals surface area contributed by atoms with Gasteiger partial charge in [-0.2, -0.15) is 5.26 Å². The van der Waals surface area contributed by atoms with Gasteiger partial charge in [-0.15, -0.1) is 10.2 Å². The van der Waals surface area contributed by atoms with Gasteiger partial charge in [-0.1, -0.05) is 13.8 Å². The van der Waals surface area contributed by atoms with Crippen LogP contribution in [-0.2, 0) is 6.61 Å². The van der Waals surface area contributed by atoms with Crippen molar-refractivity contribution < 1.29 is 13.5 Å². The Morgan fingerprint density at radius 1 is 1.24 bits per heavy atom. The monoisotopic (exact) mass is 338 g/mol. The lowest BCUT2D eigenvalue weighted by molar-refractivity contribution is 0.299. The standard InChI is InChI=1S/C18H15FN4O2/c1-11(2)17-22-23-18(25-17)13-3-4-15(21-9-13)10-24-16-6-12(8-20)5-14(19)7-16/h3-7,9,11H,10H2,1-2H3. The summed E-state index contributed by atoms with van der Waals surface area (Å²) in [5.74, 6) is 0.899. The van der Waals surface area contributed by atoms with Crippen LogP contribution in [0.25, 0.3) is 11.5 Å². The van der Waals surface area contributed by atoms with E-state index in [1.54, 1.807) is 18.3 Å². The predicted molar refractivity (Wildman–Crippen MR) is 87.1 cm³/mol. The van der Waals surface area contributed by atoms with Crippen molar-refractivity contribution >= 4 is 0 Å². The van der Waals surface area contributed by atoms with Crippen LogP contribution in [-0.4, -0.2) is 15.2 Å². The van der Waals surface area contributed by atoms with Gasteiger partial charge < -0.3 is 9.15 Å². The fraction of sp³-hybridized carbons (Fsp3) is 0.222. The minimum absolute atomic E-state index is 0.148. The summed E-state index contributed by atoms with van der Waals surface area (Å²) < 4.78 is 24.4.